The highest BCUT2D eigenvalue weighted by molar-refractivity contribution is 4.98. The third kappa shape index (κ3) is 5.13. The lowest BCUT2D eigenvalue weighted by Gasteiger charge is -2.30. The molecule has 24 heavy (non-hydrogen) atoms. The lowest BCUT2D eigenvalue weighted by molar-refractivity contribution is -0.220. The van der Waals surface area contributed by atoms with Crippen LogP contribution < -0.4 is 5.32 Å². The van der Waals surface area contributed by atoms with E-state index in [1.54, 1.807) is 7.11 Å². The maximum atomic E-state index is 9.42. The Morgan fingerprint density at radius 1 is 1.17 bits per heavy atom. The molecule has 0 radical (unpaired) electrons. The number of methoxy groups -OCH3 is 1. The average molecular weight is 345 g/mol. The Morgan fingerprint density at radius 2 is 1.92 bits per heavy atom. The lowest BCUT2D eigenvalue weighted by Crippen LogP contribution is -2.49. The van der Waals surface area contributed by atoms with Gasteiger partial charge in [-0.3, -0.25) is 0 Å². The van der Waals surface area contributed by atoms with Gasteiger partial charge < -0.3 is 29.4 Å². The molecule has 0 aromatic rings. The van der Waals surface area contributed by atoms with Crippen LogP contribution in [-0.4, -0.2) is 61.8 Å². The number of rotatable bonds is 11. The van der Waals surface area contributed by atoms with Crippen molar-refractivity contribution in [2.45, 2.75) is 95.7 Å². The van der Waals surface area contributed by atoms with Crippen LogP contribution in [0.4, 0.5) is 0 Å². The fourth-order valence-corrected chi connectivity index (χ4v) is 3.63. The number of unbranched alkanes of at least 4 members (excludes halogenated alkanes) is 4. The second-order valence-electron chi connectivity index (χ2n) is 7.26. The van der Waals surface area contributed by atoms with Crippen LogP contribution in [0.3, 0.4) is 0 Å². The SMILES string of the molecule is CCCCCCCNC(CCO)C1OC2OC(C)(C)O[C@@H]2C1OC. The molecule has 0 aliphatic carbocycles. The fraction of sp³-hybridized carbons (Fsp3) is 1.00. The number of aliphatic hydroxyl groups excluding tert-OH is 1. The van der Waals surface area contributed by atoms with Gasteiger partial charge in [0.2, 0.25) is 0 Å². The van der Waals surface area contributed by atoms with Crippen LogP contribution in [0.25, 0.3) is 0 Å². The van der Waals surface area contributed by atoms with E-state index < -0.39 is 12.1 Å². The fourth-order valence-electron chi connectivity index (χ4n) is 3.63. The highest BCUT2D eigenvalue weighted by Crippen LogP contribution is 2.39. The first kappa shape index (κ1) is 20.1. The Hall–Kier alpha value is -0.240. The summed E-state index contributed by atoms with van der Waals surface area (Å²) in [4.78, 5) is 0. The maximum Gasteiger partial charge on any atom is 0.190 e. The molecule has 2 heterocycles. The largest absolute Gasteiger partial charge is 0.396 e. The summed E-state index contributed by atoms with van der Waals surface area (Å²) in [6.45, 7) is 7.03. The zero-order chi connectivity index (χ0) is 17.6. The van der Waals surface area contributed by atoms with Crippen molar-refractivity contribution < 1.29 is 24.1 Å². The summed E-state index contributed by atoms with van der Waals surface area (Å²) < 4.78 is 23.5. The molecule has 2 fully saturated rings. The van der Waals surface area contributed by atoms with Gasteiger partial charge in [0.05, 0.1) is 0 Å². The summed E-state index contributed by atoms with van der Waals surface area (Å²) in [6, 6.07) is 0.0343. The zero-order valence-electron chi connectivity index (χ0n) is 15.6. The van der Waals surface area contributed by atoms with Crippen molar-refractivity contribution in [1.82, 2.24) is 5.32 Å². The van der Waals surface area contributed by atoms with Crippen LogP contribution >= 0.6 is 0 Å². The molecule has 142 valence electrons. The molecule has 6 nitrogen and oxygen atoms in total. The van der Waals surface area contributed by atoms with Gasteiger partial charge >= 0.3 is 0 Å². The Bertz CT molecular complexity index is 365. The van der Waals surface area contributed by atoms with Crippen LogP contribution in [0.2, 0.25) is 0 Å². The summed E-state index contributed by atoms with van der Waals surface area (Å²) >= 11 is 0. The molecule has 2 aliphatic rings. The molecule has 4 unspecified atom stereocenters. The van der Waals surface area contributed by atoms with E-state index in [1.807, 2.05) is 13.8 Å². The summed E-state index contributed by atoms with van der Waals surface area (Å²) in [5.41, 5.74) is 0. The molecule has 2 aliphatic heterocycles. The minimum absolute atomic E-state index is 0.0343. The predicted octanol–water partition coefficient (Wildman–Crippen LogP) is 2.19. The van der Waals surface area contributed by atoms with Gasteiger partial charge in [0.25, 0.3) is 0 Å². The van der Waals surface area contributed by atoms with E-state index >= 15 is 0 Å². The Balaban J connectivity index is 1.86. The van der Waals surface area contributed by atoms with Gasteiger partial charge in [-0.05, 0) is 33.2 Å². The average Bonchev–Trinajstić information content (AvgIpc) is 3.00. The van der Waals surface area contributed by atoms with Crippen LogP contribution in [-0.2, 0) is 18.9 Å². The maximum absolute atomic E-state index is 9.42. The second-order valence-corrected chi connectivity index (χ2v) is 7.26. The molecular weight excluding hydrogens is 310 g/mol. The highest BCUT2D eigenvalue weighted by atomic mass is 16.8. The summed E-state index contributed by atoms with van der Waals surface area (Å²) in [5.74, 6) is -0.643. The van der Waals surface area contributed by atoms with Gasteiger partial charge in [-0.2, -0.15) is 0 Å². The number of ether oxygens (including phenoxy) is 4. The van der Waals surface area contributed by atoms with Gasteiger partial charge in [-0.15, -0.1) is 0 Å². The molecule has 0 saturated carbocycles. The van der Waals surface area contributed by atoms with E-state index in [0.717, 1.165) is 13.0 Å². The topological polar surface area (TPSA) is 69.2 Å². The number of hydrogen-bond donors (Lipinski definition) is 2. The molecule has 2 N–H and O–H groups in total. The van der Waals surface area contributed by atoms with Gasteiger partial charge in [0.15, 0.2) is 12.1 Å². The van der Waals surface area contributed by atoms with Crippen molar-refractivity contribution in [2.24, 2.45) is 0 Å². The molecule has 0 bridgehead atoms. The first-order chi connectivity index (χ1) is 11.5. The molecule has 2 rings (SSSR count). The smallest absolute Gasteiger partial charge is 0.190 e. The Morgan fingerprint density at radius 3 is 2.58 bits per heavy atom. The zero-order valence-corrected chi connectivity index (χ0v) is 15.6. The van der Waals surface area contributed by atoms with Gasteiger partial charge in [0.1, 0.15) is 18.3 Å². The number of fused-ring (bicyclic) bond motifs is 1. The third-order valence-corrected chi connectivity index (χ3v) is 4.82. The van der Waals surface area contributed by atoms with Crippen LogP contribution in [0, 0.1) is 0 Å². The molecule has 2 saturated heterocycles. The van der Waals surface area contributed by atoms with E-state index in [4.69, 9.17) is 18.9 Å². The molecule has 6 heteroatoms. The van der Waals surface area contributed by atoms with Gasteiger partial charge in [-0.25, -0.2) is 0 Å². The minimum Gasteiger partial charge on any atom is -0.396 e. The normalized spacial score (nSPS) is 32.9. The van der Waals surface area contributed by atoms with Crippen molar-refractivity contribution in [2.75, 3.05) is 20.3 Å². The molecular formula is C18H35NO5. The van der Waals surface area contributed by atoms with Crippen molar-refractivity contribution in [3.63, 3.8) is 0 Å². The molecule has 0 aromatic carbocycles. The quantitative estimate of drug-likeness (QED) is 0.560. The van der Waals surface area contributed by atoms with Crippen LogP contribution in [0.15, 0.2) is 0 Å². The summed E-state index contributed by atoms with van der Waals surface area (Å²) in [5, 5.41) is 13.0. The number of nitrogens with one attached hydrogen (secondary N) is 1. The van der Waals surface area contributed by atoms with E-state index in [9.17, 15) is 5.11 Å². The van der Waals surface area contributed by atoms with Gasteiger partial charge in [0, 0.05) is 19.8 Å². The van der Waals surface area contributed by atoms with Crippen molar-refractivity contribution in [1.29, 1.82) is 0 Å². The molecule has 0 amide bonds. The predicted molar refractivity (Wildman–Crippen MR) is 91.7 cm³/mol. The van der Waals surface area contributed by atoms with Crippen LogP contribution in [0.5, 0.6) is 0 Å². The molecule has 0 aromatic heterocycles. The molecule has 5 atom stereocenters. The van der Waals surface area contributed by atoms with E-state index in [2.05, 4.69) is 12.2 Å². The summed E-state index contributed by atoms with van der Waals surface area (Å²) in [7, 11) is 1.68. The van der Waals surface area contributed by atoms with Crippen LogP contribution in [0.1, 0.15) is 59.3 Å². The summed E-state index contributed by atoms with van der Waals surface area (Å²) in [6.07, 6.45) is 5.84. The number of hydrogen-bond acceptors (Lipinski definition) is 6. The minimum atomic E-state index is -0.643. The highest BCUT2D eigenvalue weighted by Gasteiger charge is 2.56. The Labute approximate surface area is 146 Å². The monoisotopic (exact) mass is 345 g/mol. The number of aliphatic hydroxyl groups is 1. The second kappa shape index (κ2) is 9.46. The first-order valence-corrected chi connectivity index (χ1v) is 9.40. The van der Waals surface area contributed by atoms with Gasteiger partial charge in [-0.1, -0.05) is 32.6 Å². The van der Waals surface area contributed by atoms with E-state index in [-0.39, 0.29) is 31.0 Å². The van der Waals surface area contributed by atoms with E-state index in [1.165, 1.54) is 25.7 Å². The first-order valence-electron chi connectivity index (χ1n) is 9.40. The third-order valence-electron chi connectivity index (χ3n) is 4.82. The lowest BCUT2D eigenvalue weighted by atomic mass is 10.0. The van der Waals surface area contributed by atoms with E-state index in [0.29, 0.717) is 6.42 Å². The standard InChI is InChI=1S/C18H35NO5/c1-5-6-7-8-9-11-19-13(10-12-20)14-15(21-4)16-17(22-14)24-18(2,3)23-16/h13-17,19-20H,5-12H2,1-4H3/t13?,14?,15?,16-,17?/m1/s1. The Kier molecular flexibility index (Phi) is 7.91. The van der Waals surface area contributed by atoms with Crippen molar-refractivity contribution in [3.8, 4) is 0 Å². The molecule has 0 spiro atoms. The van der Waals surface area contributed by atoms with Crippen molar-refractivity contribution >= 4 is 0 Å². The van der Waals surface area contributed by atoms with Crippen molar-refractivity contribution in [3.05, 3.63) is 0 Å².